The maximum absolute atomic E-state index is 13.9. The van der Waals surface area contributed by atoms with Gasteiger partial charge in [0, 0.05) is 16.3 Å². The molecule has 1 aromatic carbocycles. The Morgan fingerprint density at radius 1 is 1.36 bits per heavy atom. The van der Waals surface area contributed by atoms with Gasteiger partial charge in [-0.25, -0.2) is 9.18 Å². The number of nitrogens with zero attached hydrogens (tertiary/aromatic N) is 2. The number of rotatable bonds is 7. The molecule has 1 unspecified atom stereocenters. The van der Waals surface area contributed by atoms with Gasteiger partial charge in [-0.3, -0.25) is 0 Å². The highest BCUT2D eigenvalue weighted by molar-refractivity contribution is 7.98. The third-order valence-electron chi connectivity index (χ3n) is 3.52. The van der Waals surface area contributed by atoms with Crippen LogP contribution in [0.5, 0.6) is 0 Å². The molecule has 0 bridgehead atoms. The van der Waals surface area contributed by atoms with E-state index >= 15 is 0 Å². The fourth-order valence-electron chi connectivity index (χ4n) is 2.37. The average Bonchev–Trinajstić information content (AvgIpc) is 3.00. The van der Waals surface area contributed by atoms with E-state index in [1.165, 1.54) is 17.8 Å². The number of carbonyl (C=O) groups excluding carboxylic acids is 1. The molecule has 0 aliphatic heterocycles. The zero-order chi connectivity index (χ0) is 20.9. The van der Waals surface area contributed by atoms with Crippen molar-refractivity contribution in [3.63, 3.8) is 0 Å². The van der Waals surface area contributed by atoms with Gasteiger partial charge in [-0.1, -0.05) is 43.3 Å². The molecule has 0 saturated heterocycles. The lowest BCUT2D eigenvalue weighted by Gasteiger charge is -2.22. The highest BCUT2D eigenvalue weighted by Crippen LogP contribution is 2.29. The molecule has 6 nitrogen and oxygen atoms in total. The summed E-state index contributed by atoms with van der Waals surface area (Å²) in [5.74, 6) is 0.424. The molecule has 1 aromatic heterocycles. The first-order valence-corrected chi connectivity index (χ1v) is 10.3. The van der Waals surface area contributed by atoms with E-state index in [2.05, 4.69) is 15.5 Å². The average molecular weight is 430 g/mol. The number of hydrogen-bond acceptors (Lipinski definition) is 6. The minimum Gasteiger partial charge on any atom is -0.444 e. The van der Waals surface area contributed by atoms with Crippen LogP contribution >= 0.6 is 23.4 Å². The number of thioether (sulfide) groups is 1. The van der Waals surface area contributed by atoms with Crippen LogP contribution in [-0.4, -0.2) is 21.9 Å². The summed E-state index contributed by atoms with van der Waals surface area (Å²) in [6.45, 7) is 9.42. The van der Waals surface area contributed by atoms with Crippen molar-refractivity contribution in [1.82, 2.24) is 15.5 Å². The summed E-state index contributed by atoms with van der Waals surface area (Å²) in [5.41, 5.74) is -0.235. The number of ether oxygens (including phenoxy) is 1. The van der Waals surface area contributed by atoms with Crippen LogP contribution in [0.3, 0.4) is 0 Å². The van der Waals surface area contributed by atoms with Gasteiger partial charge in [-0.2, -0.15) is 0 Å². The minimum atomic E-state index is -0.610. The van der Waals surface area contributed by atoms with Crippen LogP contribution in [-0.2, 0) is 10.5 Å². The predicted octanol–water partition coefficient (Wildman–Crippen LogP) is 5.77. The molecular formula is C19H25ClFN3O3S. The molecule has 0 radical (unpaired) electrons. The second-order valence-electron chi connectivity index (χ2n) is 7.72. The summed E-state index contributed by atoms with van der Waals surface area (Å²) in [4.78, 5) is 12.1. The van der Waals surface area contributed by atoms with Gasteiger partial charge in [-0.05, 0) is 45.2 Å². The van der Waals surface area contributed by atoms with E-state index in [1.807, 2.05) is 13.8 Å². The molecule has 0 saturated carbocycles. The number of halogens is 2. The van der Waals surface area contributed by atoms with E-state index in [0.29, 0.717) is 17.0 Å². The van der Waals surface area contributed by atoms with E-state index in [0.717, 1.165) is 0 Å². The highest BCUT2D eigenvalue weighted by Gasteiger charge is 2.25. The first-order valence-electron chi connectivity index (χ1n) is 8.93. The Bertz CT molecular complexity index is 788. The van der Waals surface area contributed by atoms with Crippen LogP contribution in [0.4, 0.5) is 9.18 Å². The Labute approximate surface area is 173 Å². The monoisotopic (exact) mass is 429 g/mol. The van der Waals surface area contributed by atoms with Crippen molar-refractivity contribution in [1.29, 1.82) is 0 Å². The van der Waals surface area contributed by atoms with Crippen molar-refractivity contribution in [2.24, 2.45) is 5.92 Å². The van der Waals surface area contributed by atoms with E-state index < -0.39 is 17.7 Å². The van der Waals surface area contributed by atoms with Crippen LogP contribution < -0.4 is 5.32 Å². The zero-order valence-electron chi connectivity index (χ0n) is 16.6. The summed E-state index contributed by atoms with van der Waals surface area (Å²) in [7, 11) is 0. The SMILES string of the molecule is CC(C)CC(NC(=O)OC(C)(C)C)c1nnc(SCc2c(F)cccc2Cl)o1. The number of carbonyl (C=O) groups is 1. The number of aromatic nitrogens is 2. The number of amides is 1. The molecule has 0 fully saturated rings. The van der Waals surface area contributed by atoms with Gasteiger partial charge < -0.3 is 14.5 Å². The predicted molar refractivity (Wildman–Crippen MR) is 107 cm³/mol. The minimum absolute atomic E-state index is 0.251. The molecule has 0 spiro atoms. The summed E-state index contributed by atoms with van der Waals surface area (Å²) in [6.07, 6.45) is 0.0497. The normalized spacial score (nSPS) is 12.9. The van der Waals surface area contributed by atoms with Crippen molar-refractivity contribution in [2.45, 2.75) is 63.7 Å². The molecule has 1 amide bonds. The van der Waals surface area contributed by atoms with Crippen LogP contribution in [0, 0.1) is 11.7 Å². The molecule has 1 atom stereocenters. The van der Waals surface area contributed by atoms with Crippen LogP contribution in [0.1, 0.15) is 58.5 Å². The first kappa shape index (κ1) is 22.5. The van der Waals surface area contributed by atoms with Crippen LogP contribution in [0.2, 0.25) is 5.02 Å². The molecule has 154 valence electrons. The quantitative estimate of drug-likeness (QED) is 0.563. The Hall–Kier alpha value is -1.80. The van der Waals surface area contributed by atoms with Crippen molar-refractivity contribution < 1.29 is 18.3 Å². The van der Waals surface area contributed by atoms with Gasteiger partial charge in [0.1, 0.15) is 17.5 Å². The third kappa shape index (κ3) is 6.98. The van der Waals surface area contributed by atoms with Gasteiger partial charge in [0.15, 0.2) is 0 Å². The van der Waals surface area contributed by atoms with Gasteiger partial charge in [0.05, 0.1) is 0 Å². The van der Waals surface area contributed by atoms with Crippen molar-refractivity contribution in [2.75, 3.05) is 0 Å². The van der Waals surface area contributed by atoms with Crippen LogP contribution in [0.25, 0.3) is 0 Å². The molecule has 28 heavy (non-hydrogen) atoms. The highest BCUT2D eigenvalue weighted by atomic mass is 35.5. The Balaban J connectivity index is 2.07. The number of alkyl carbamates (subject to hydrolysis) is 1. The maximum Gasteiger partial charge on any atom is 0.408 e. The molecule has 0 aliphatic carbocycles. The van der Waals surface area contributed by atoms with Gasteiger partial charge in [-0.15, -0.1) is 10.2 Å². The molecule has 2 aromatic rings. The zero-order valence-corrected chi connectivity index (χ0v) is 18.2. The fourth-order valence-corrected chi connectivity index (χ4v) is 3.48. The molecule has 9 heteroatoms. The molecular weight excluding hydrogens is 405 g/mol. The van der Waals surface area contributed by atoms with E-state index in [1.54, 1.807) is 32.9 Å². The summed E-state index contributed by atoms with van der Waals surface area (Å²) >= 11 is 7.22. The number of hydrogen-bond donors (Lipinski definition) is 1. The lowest BCUT2D eigenvalue weighted by atomic mass is 10.0. The van der Waals surface area contributed by atoms with E-state index in [-0.39, 0.29) is 28.6 Å². The van der Waals surface area contributed by atoms with Crippen molar-refractivity contribution >= 4 is 29.5 Å². The van der Waals surface area contributed by atoms with Gasteiger partial charge >= 0.3 is 6.09 Å². The van der Waals surface area contributed by atoms with Gasteiger partial charge in [0.2, 0.25) is 5.89 Å². The lowest BCUT2D eigenvalue weighted by Crippen LogP contribution is -2.35. The molecule has 1 heterocycles. The Kier molecular flexibility index (Phi) is 7.71. The topological polar surface area (TPSA) is 77.2 Å². The first-order chi connectivity index (χ1) is 13.0. The molecule has 1 N–H and O–H groups in total. The maximum atomic E-state index is 13.9. The van der Waals surface area contributed by atoms with E-state index in [9.17, 15) is 9.18 Å². The number of nitrogens with one attached hydrogen (secondary N) is 1. The van der Waals surface area contributed by atoms with Gasteiger partial charge in [0.25, 0.3) is 5.22 Å². The van der Waals surface area contributed by atoms with E-state index in [4.69, 9.17) is 20.8 Å². The standard InChI is InChI=1S/C19H25ClFN3O3S/c1-11(2)9-15(22-17(25)27-19(3,4)5)16-23-24-18(26-16)28-10-12-13(20)7-6-8-14(12)21/h6-8,11,15H,9-10H2,1-5H3,(H,22,25). The van der Waals surface area contributed by atoms with Crippen LogP contribution in [0.15, 0.2) is 27.8 Å². The molecule has 2 rings (SSSR count). The second kappa shape index (κ2) is 9.60. The fraction of sp³-hybridized carbons (Fsp3) is 0.526. The second-order valence-corrected chi connectivity index (χ2v) is 9.06. The summed E-state index contributed by atoms with van der Waals surface area (Å²) < 4.78 is 24.9. The molecule has 0 aliphatic rings. The lowest BCUT2D eigenvalue weighted by molar-refractivity contribution is 0.0487. The van der Waals surface area contributed by atoms with Crippen molar-refractivity contribution in [3.05, 3.63) is 40.5 Å². The number of benzene rings is 1. The third-order valence-corrected chi connectivity index (χ3v) is 4.72. The Morgan fingerprint density at radius 2 is 2.07 bits per heavy atom. The van der Waals surface area contributed by atoms with Crippen molar-refractivity contribution in [3.8, 4) is 0 Å². The summed E-state index contributed by atoms with van der Waals surface area (Å²) in [6, 6.07) is 4.05. The summed E-state index contributed by atoms with van der Waals surface area (Å²) in [5, 5.41) is 11.4. The largest absolute Gasteiger partial charge is 0.444 e. The smallest absolute Gasteiger partial charge is 0.408 e. The Morgan fingerprint density at radius 3 is 2.68 bits per heavy atom.